The van der Waals surface area contributed by atoms with Crippen LogP contribution in [0, 0.1) is 5.82 Å². The molecule has 0 aliphatic heterocycles. The second-order valence-electron chi connectivity index (χ2n) is 6.55. The first kappa shape index (κ1) is 18.7. The Morgan fingerprint density at radius 3 is 2.79 bits per heavy atom. The fraction of sp³-hybridized carbons (Fsp3) is 0.190. The highest BCUT2D eigenvalue weighted by Crippen LogP contribution is 2.19. The number of fused-ring (bicyclic) bond motifs is 1. The van der Waals surface area contributed by atoms with Gasteiger partial charge in [-0.2, -0.15) is 5.10 Å². The lowest BCUT2D eigenvalue weighted by Crippen LogP contribution is -2.06. The van der Waals surface area contributed by atoms with Crippen LogP contribution in [0.3, 0.4) is 0 Å². The summed E-state index contributed by atoms with van der Waals surface area (Å²) in [6.45, 7) is 1.94. The molecular weight excluding hydrogens is 373 g/mol. The Kier molecular flexibility index (Phi) is 4.99. The molecule has 0 unspecified atom stereocenters. The van der Waals surface area contributed by atoms with E-state index in [0.29, 0.717) is 34.5 Å². The highest BCUT2D eigenvalue weighted by molar-refractivity contribution is 5.89. The molecule has 8 heteroatoms. The quantitative estimate of drug-likeness (QED) is 0.485. The van der Waals surface area contributed by atoms with Crippen LogP contribution >= 0.6 is 0 Å². The van der Waals surface area contributed by atoms with Crippen molar-refractivity contribution in [2.24, 2.45) is 7.05 Å². The zero-order valence-electron chi connectivity index (χ0n) is 16.0. The lowest BCUT2D eigenvalue weighted by Gasteiger charge is -2.07. The van der Waals surface area contributed by atoms with Gasteiger partial charge in [0.25, 0.3) is 0 Å². The fourth-order valence-electron chi connectivity index (χ4n) is 3.02. The van der Waals surface area contributed by atoms with E-state index in [2.05, 4.69) is 20.1 Å². The van der Waals surface area contributed by atoms with Gasteiger partial charge < -0.3 is 4.74 Å². The van der Waals surface area contributed by atoms with E-state index in [9.17, 15) is 9.18 Å². The van der Waals surface area contributed by atoms with Crippen molar-refractivity contribution in [3.8, 4) is 11.3 Å². The molecule has 0 saturated heterocycles. The topological polar surface area (TPSA) is 82.8 Å². The SMILES string of the molecule is CCOC(=O)c1cc(F)cc(Cc2ccc3ncc(-c4cnn(C)c4)nc3n2)c1. The van der Waals surface area contributed by atoms with E-state index >= 15 is 0 Å². The van der Waals surface area contributed by atoms with Gasteiger partial charge in [0.15, 0.2) is 5.65 Å². The number of esters is 1. The Morgan fingerprint density at radius 2 is 2.03 bits per heavy atom. The van der Waals surface area contributed by atoms with Gasteiger partial charge in [-0.3, -0.25) is 9.67 Å². The van der Waals surface area contributed by atoms with Crippen LogP contribution in [-0.2, 0) is 18.2 Å². The van der Waals surface area contributed by atoms with Crippen LogP contribution in [0.2, 0.25) is 0 Å². The van der Waals surface area contributed by atoms with E-state index in [-0.39, 0.29) is 12.2 Å². The van der Waals surface area contributed by atoms with E-state index in [4.69, 9.17) is 4.74 Å². The second-order valence-corrected chi connectivity index (χ2v) is 6.55. The largest absolute Gasteiger partial charge is 0.462 e. The molecule has 0 saturated carbocycles. The number of nitrogens with zero attached hydrogens (tertiary/aromatic N) is 5. The van der Waals surface area contributed by atoms with Crippen LogP contribution in [0.1, 0.15) is 28.5 Å². The molecule has 4 aromatic rings. The van der Waals surface area contributed by atoms with Crippen LogP contribution in [0.5, 0.6) is 0 Å². The minimum atomic E-state index is -0.549. The number of carbonyl (C=O) groups excluding carboxylic acids is 1. The predicted molar refractivity (Wildman–Crippen MR) is 105 cm³/mol. The van der Waals surface area contributed by atoms with Crippen LogP contribution in [0.4, 0.5) is 4.39 Å². The number of halogens is 1. The molecule has 0 aliphatic rings. The monoisotopic (exact) mass is 391 g/mol. The second kappa shape index (κ2) is 7.75. The van der Waals surface area contributed by atoms with Gasteiger partial charge in [0.2, 0.25) is 0 Å². The molecule has 0 fully saturated rings. The fourth-order valence-corrected chi connectivity index (χ4v) is 3.02. The Balaban J connectivity index is 1.65. The molecule has 3 aromatic heterocycles. The van der Waals surface area contributed by atoms with Gasteiger partial charge in [-0.05, 0) is 42.8 Å². The van der Waals surface area contributed by atoms with Crippen molar-refractivity contribution < 1.29 is 13.9 Å². The molecule has 0 atom stereocenters. The third-order valence-electron chi connectivity index (χ3n) is 4.32. The highest BCUT2D eigenvalue weighted by atomic mass is 19.1. The van der Waals surface area contributed by atoms with Crippen LogP contribution in [-0.4, -0.2) is 37.3 Å². The van der Waals surface area contributed by atoms with E-state index in [0.717, 1.165) is 5.56 Å². The summed E-state index contributed by atoms with van der Waals surface area (Å²) in [6, 6.07) is 7.80. The summed E-state index contributed by atoms with van der Waals surface area (Å²) in [5, 5.41) is 4.15. The third kappa shape index (κ3) is 4.11. The van der Waals surface area contributed by atoms with E-state index < -0.39 is 11.8 Å². The van der Waals surface area contributed by atoms with Crippen molar-refractivity contribution in [2.45, 2.75) is 13.3 Å². The summed E-state index contributed by atoms with van der Waals surface area (Å²) in [5.41, 5.74) is 4.16. The van der Waals surface area contributed by atoms with Gasteiger partial charge in [0, 0.05) is 30.9 Å². The number of carbonyl (C=O) groups is 1. The van der Waals surface area contributed by atoms with Gasteiger partial charge in [0.1, 0.15) is 11.3 Å². The number of aromatic nitrogens is 5. The Labute approximate surface area is 166 Å². The summed E-state index contributed by atoms with van der Waals surface area (Å²) >= 11 is 0. The highest BCUT2D eigenvalue weighted by Gasteiger charge is 2.12. The molecule has 29 heavy (non-hydrogen) atoms. The van der Waals surface area contributed by atoms with E-state index in [1.54, 1.807) is 30.1 Å². The van der Waals surface area contributed by atoms with Gasteiger partial charge in [-0.25, -0.2) is 19.2 Å². The molecule has 1 aromatic carbocycles. The number of hydrogen-bond acceptors (Lipinski definition) is 6. The van der Waals surface area contributed by atoms with Gasteiger partial charge in [0.05, 0.1) is 30.3 Å². The standard InChI is InChI=1S/C21H18FN5O2/c1-3-29-21(28)14-6-13(7-16(22)9-14)8-17-4-5-18-20(25-17)26-19(11-23-18)15-10-24-27(2)12-15/h4-7,9-12H,3,8H2,1-2H3. The minimum absolute atomic E-state index is 0.182. The van der Waals surface area contributed by atoms with Crippen LogP contribution < -0.4 is 0 Å². The molecule has 4 rings (SSSR count). The molecule has 0 N–H and O–H groups in total. The van der Waals surface area contributed by atoms with Crippen molar-refractivity contribution >= 4 is 17.1 Å². The van der Waals surface area contributed by atoms with Crippen LogP contribution in [0.25, 0.3) is 22.4 Å². The molecular formula is C21H18FN5O2. The van der Waals surface area contributed by atoms with Crippen molar-refractivity contribution in [3.05, 3.63) is 71.6 Å². The van der Waals surface area contributed by atoms with Crippen molar-refractivity contribution in [1.29, 1.82) is 0 Å². The molecule has 0 radical (unpaired) electrons. The minimum Gasteiger partial charge on any atom is -0.462 e. The molecule has 3 heterocycles. The maximum absolute atomic E-state index is 14.0. The number of hydrogen-bond donors (Lipinski definition) is 0. The zero-order valence-corrected chi connectivity index (χ0v) is 16.0. The number of ether oxygens (including phenoxy) is 1. The zero-order chi connectivity index (χ0) is 20.4. The first-order valence-corrected chi connectivity index (χ1v) is 9.10. The van der Waals surface area contributed by atoms with Crippen molar-refractivity contribution in [3.63, 3.8) is 0 Å². The summed E-state index contributed by atoms with van der Waals surface area (Å²) in [7, 11) is 1.83. The van der Waals surface area contributed by atoms with Crippen molar-refractivity contribution in [2.75, 3.05) is 6.61 Å². The average Bonchev–Trinajstić information content (AvgIpc) is 3.13. The Bertz CT molecular complexity index is 1200. The molecule has 0 bridgehead atoms. The maximum Gasteiger partial charge on any atom is 0.338 e. The number of aryl methyl sites for hydroxylation is 1. The first-order valence-electron chi connectivity index (χ1n) is 9.10. The lowest BCUT2D eigenvalue weighted by atomic mass is 10.1. The molecule has 0 amide bonds. The van der Waals surface area contributed by atoms with Gasteiger partial charge in [-0.1, -0.05) is 0 Å². The Morgan fingerprint density at radius 1 is 1.17 bits per heavy atom. The summed E-state index contributed by atoms with van der Waals surface area (Å²) < 4.78 is 20.6. The van der Waals surface area contributed by atoms with Gasteiger partial charge >= 0.3 is 5.97 Å². The Hall–Kier alpha value is -3.68. The smallest absolute Gasteiger partial charge is 0.338 e. The molecule has 0 spiro atoms. The van der Waals surface area contributed by atoms with E-state index in [1.165, 1.54) is 12.1 Å². The maximum atomic E-state index is 14.0. The van der Waals surface area contributed by atoms with Crippen molar-refractivity contribution in [1.82, 2.24) is 24.7 Å². The number of pyridine rings is 1. The lowest BCUT2D eigenvalue weighted by molar-refractivity contribution is 0.0525. The normalized spacial score (nSPS) is 11.0. The van der Waals surface area contributed by atoms with Crippen LogP contribution in [0.15, 0.2) is 48.9 Å². The molecule has 0 aliphatic carbocycles. The number of rotatable bonds is 5. The number of benzene rings is 1. The average molecular weight is 391 g/mol. The van der Waals surface area contributed by atoms with Gasteiger partial charge in [-0.15, -0.1) is 0 Å². The van der Waals surface area contributed by atoms with E-state index in [1.807, 2.05) is 25.4 Å². The third-order valence-corrected chi connectivity index (χ3v) is 4.32. The molecule has 146 valence electrons. The first-order chi connectivity index (χ1) is 14.0. The summed E-state index contributed by atoms with van der Waals surface area (Å²) in [4.78, 5) is 25.5. The predicted octanol–water partition coefficient (Wildman–Crippen LogP) is 3.33. The summed E-state index contributed by atoms with van der Waals surface area (Å²) in [6.07, 6.45) is 5.59. The molecule has 7 nitrogen and oxygen atoms in total. The summed E-state index contributed by atoms with van der Waals surface area (Å²) in [5.74, 6) is -1.04.